The molecule has 0 bridgehead atoms. The maximum Gasteiger partial charge on any atom is 0.419 e. The van der Waals surface area contributed by atoms with Crippen molar-refractivity contribution in [2.45, 2.75) is 45.1 Å². The fourth-order valence-corrected chi connectivity index (χ4v) is 1.38. The summed E-state index contributed by atoms with van der Waals surface area (Å²) in [5.41, 5.74) is -1.61. The second kappa shape index (κ2) is 5.46. The molecule has 2 N–H and O–H groups in total. The van der Waals surface area contributed by atoms with Crippen molar-refractivity contribution in [2.75, 3.05) is 0 Å². The Bertz CT molecular complexity index is 441. The zero-order valence-corrected chi connectivity index (χ0v) is 11.0. The Hall–Kier alpha value is -1.14. The summed E-state index contributed by atoms with van der Waals surface area (Å²) >= 11 is 0. The van der Waals surface area contributed by atoms with Crippen molar-refractivity contribution in [1.29, 1.82) is 0 Å². The van der Waals surface area contributed by atoms with E-state index in [0.717, 1.165) is 12.1 Å². The van der Waals surface area contributed by atoms with Crippen LogP contribution in [-0.2, 0) is 12.7 Å². The molecule has 6 heteroatoms. The molecule has 108 valence electrons. The van der Waals surface area contributed by atoms with Gasteiger partial charge in [0.1, 0.15) is 5.82 Å². The maximum absolute atomic E-state index is 13.1. The van der Waals surface area contributed by atoms with Gasteiger partial charge in [-0.05, 0) is 38.5 Å². The molecule has 0 amide bonds. The molecule has 0 aliphatic rings. The topological polar surface area (TPSA) is 32.3 Å². The zero-order valence-electron chi connectivity index (χ0n) is 11.0. The van der Waals surface area contributed by atoms with E-state index in [4.69, 9.17) is 0 Å². The van der Waals surface area contributed by atoms with Crippen LogP contribution in [-0.4, -0.2) is 16.7 Å². The highest BCUT2D eigenvalue weighted by Crippen LogP contribution is 2.31. The molecule has 0 fully saturated rings. The fourth-order valence-electron chi connectivity index (χ4n) is 1.38. The van der Waals surface area contributed by atoms with Crippen molar-refractivity contribution < 1.29 is 22.7 Å². The molecular weight excluding hydrogens is 262 g/mol. The van der Waals surface area contributed by atoms with Gasteiger partial charge >= 0.3 is 6.18 Å². The number of hydrogen-bond acceptors (Lipinski definition) is 2. The first-order chi connectivity index (χ1) is 8.54. The molecule has 1 aromatic carbocycles. The van der Waals surface area contributed by atoms with Crippen molar-refractivity contribution in [3.8, 4) is 0 Å². The van der Waals surface area contributed by atoms with E-state index in [-0.39, 0.29) is 6.54 Å². The Morgan fingerprint density at radius 1 is 1.26 bits per heavy atom. The van der Waals surface area contributed by atoms with E-state index in [1.165, 1.54) is 6.07 Å². The van der Waals surface area contributed by atoms with Gasteiger partial charge in [-0.15, -0.1) is 0 Å². The molecule has 2 nitrogen and oxygen atoms in total. The molecule has 0 aromatic heterocycles. The van der Waals surface area contributed by atoms with Crippen LogP contribution in [0.3, 0.4) is 0 Å². The van der Waals surface area contributed by atoms with Crippen LogP contribution in [0.4, 0.5) is 17.6 Å². The standard InChI is InChI=1S/C13H17F4NO/c1-8(19)12(2,3)18-7-9-4-5-11(14)10(6-9)13(15,16)17/h4-6,8,18-19H,7H2,1-3H3. The smallest absolute Gasteiger partial charge is 0.392 e. The minimum Gasteiger partial charge on any atom is -0.392 e. The molecule has 1 unspecified atom stereocenters. The quantitative estimate of drug-likeness (QED) is 0.830. The van der Waals surface area contributed by atoms with Gasteiger partial charge in [0.15, 0.2) is 0 Å². The van der Waals surface area contributed by atoms with Crippen LogP contribution in [0.15, 0.2) is 18.2 Å². The van der Waals surface area contributed by atoms with E-state index in [2.05, 4.69) is 5.32 Å². The predicted octanol–water partition coefficient (Wildman–Crippen LogP) is 3.09. The molecule has 0 heterocycles. The lowest BCUT2D eigenvalue weighted by Crippen LogP contribution is -2.47. The summed E-state index contributed by atoms with van der Waals surface area (Å²) in [5, 5.41) is 12.4. The number of benzene rings is 1. The Morgan fingerprint density at radius 2 is 1.84 bits per heavy atom. The third kappa shape index (κ3) is 4.18. The van der Waals surface area contributed by atoms with E-state index in [9.17, 15) is 22.7 Å². The second-order valence-corrected chi connectivity index (χ2v) is 5.06. The van der Waals surface area contributed by atoms with E-state index in [0.29, 0.717) is 5.56 Å². The molecule has 0 aliphatic carbocycles. The fraction of sp³-hybridized carbons (Fsp3) is 0.538. The monoisotopic (exact) mass is 279 g/mol. The molecule has 0 saturated heterocycles. The molecule has 1 aromatic rings. The van der Waals surface area contributed by atoms with Gasteiger partial charge in [-0.2, -0.15) is 13.2 Å². The van der Waals surface area contributed by atoms with Gasteiger partial charge in [0.05, 0.1) is 11.7 Å². The molecule has 0 radical (unpaired) electrons. The number of halogens is 4. The van der Waals surface area contributed by atoms with Crippen LogP contribution in [0.5, 0.6) is 0 Å². The Morgan fingerprint density at radius 3 is 2.32 bits per heavy atom. The first-order valence-electron chi connectivity index (χ1n) is 5.83. The summed E-state index contributed by atoms with van der Waals surface area (Å²) in [6.07, 6.45) is -5.38. The average Bonchev–Trinajstić information content (AvgIpc) is 2.26. The van der Waals surface area contributed by atoms with Crippen LogP contribution in [0.25, 0.3) is 0 Å². The summed E-state index contributed by atoms with van der Waals surface area (Å²) in [7, 11) is 0. The van der Waals surface area contributed by atoms with Crippen molar-refractivity contribution >= 4 is 0 Å². The molecule has 0 saturated carbocycles. The molecular formula is C13H17F4NO. The van der Waals surface area contributed by atoms with Gasteiger partial charge in [0.25, 0.3) is 0 Å². The zero-order chi connectivity index (χ0) is 14.8. The van der Waals surface area contributed by atoms with Gasteiger partial charge in [-0.3, -0.25) is 0 Å². The summed E-state index contributed by atoms with van der Waals surface area (Å²) < 4.78 is 50.7. The first kappa shape index (κ1) is 15.9. The average molecular weight is 279 g/mol. The lowest BCUT2D eigenvalue weighted by molar-refractivity contribution is -0.140. The van der Waals surface area contributed by atoms with Crippen molar-refractivity contribution in [3.63, 3.8) is 0 Å². The SMILES string of the molecule is CC(O)C(C)(C)NCc1ccc(F)c(C(F)(F)F)c1. The van der Waals surface area contributed by atoms with Gasteiger partial charge in [0, 0.05) is 12.1 Å². The minimum absolute atomic E-state index is 0.112. The van der Waals surface area contributed by atoms with Crippen LogP contribution < -0.4 is 5.32 Å². The first-order valence-corrected chi connectivity index (χ1v) is 5.83. The number of alkyl halides is 3. The summed E-state index contributed by atoms with van der Waals surface area (Å²) in [6, 6.07) is 2.87. The number of aliphatic hydroxyl groups is 1. The normalized spacial score (nSPS) is 14.5. The van der Waals surface area contributed by atoms with Gasteiger partial charge in [-0.1, -0.05) is 6.07 Å². The number of nitrogens with one attached hydrogen (secondary N) is 1. The second-order valence-electron chi connectivity index (χ2n) is 5.06. The number of hydrogen-bond donors (Lipinski definition) is 2. The van der Waals surface area contributed by atoms with Crippen LogP contribution in [0, 0.1) is 5.82 Å². The Kier molecular flexibility index (Phi) is 4.58. The van der Waals surface area contributed by atoms with Crippen LogP contribution in [0.1, 0.15) is 31.9 Å². The van der Waals surface area contributed by atoms with Crippen molar-refractivity contribution in [1.82, 2.24) is 5.32 Å². The molecule has 0 spiro atoms. The lowest BCUT2D eigenvalue weighted by atomic mass is 9.98. The third-order valence-corrected chi connectivity index (χ3v) is 3.13. The summed E-state index contributed by atoms with van der Waals surface area (Å²) in [4.78, 5) is 0. The van der Waals surface area contributed by atoms with E-state index in [1.807, 2.05) is 0 Å². The highest BCUT2D eigenvalue weighted by atomic mass is 19.4. The van der Waals surface area contributed by atoms with Crippen LogP contribution >= 0.6 is 0 Å². The van der Waals surface area contributed by atoms with Crippen molar-refractivity contribution in [2.24, 2.45) is 0 Å². The number of rotatable bonds is 4. The minimum atomic E-state index is -4.71. The molecule has 19 heavy (non-hydrogen) atoms. The Balaban J connectivity index is 2.87. The highest BCUT2D eigenvalue weighted by molar-refractivity contribution is 5.27. The van der Waals surface area contributed by atoms with E-state index >= 15 is 0 Å². The molecule has 1 rings (SSSR count). The van der Waals surface area contributed by atoms with Crippen molar-refractivity contribution in [3.05, 3.63) is 35.1 Å². The van der Waals surface area contributed by atoms with Gasteiger partial charge in [-0.25, -0.2) is 4.39 Å². The highest BCUT2D eigenvalue weighted by Gasteiger charge is 2.34. The van der Waals surface area contributed by atoms with E-state index < -0.39 is 29.2 Å². The predicted molar refractivity (Wildman–Crippen MR) is 64.0 cm³/mol. The number of aliphatic hydroxyl groups excluding tert-OH is 1. The molecule has 0 aliphatic heterocycles. The van der Waals surface area contributed by atoms with Crippen LogP contribution in [0.2, 0.25) is 0 Å². The largest absolute Gasteiger partial charge is 0.419 e. The van der Waals surface area contributed by atoms with Gasteiger partial charge < -0.3 is 10.4 Å². The third-order valence-electron chi connectivity index (χ3n) is 3.13. The summed E-state index contributed by atoms with van der Waals surface area (Å²) in [5.74, 6) is -1.29. The lowest BCUT2D eigenvalue weighted by Gasteiger charge is -2.29. The van der Waals surface area contributed by atoms with E-state index in [1.54, 1.807) is 20.8 Å². The Labute approximate surface area is 109 Å². The van der Waals surface area contributed by atoms with Gasteiger partial charge in [0.2, 0.25) is 0 Å². The molecule has 1 atom stereocenters. The summed E-state index contributed by atoms with van der Waals surface area (Å²) in [6.45, 7) is 5.15. The maximum atomic E-state index is 13.1.